The lowest BCUT2D eigenvalue weighted by atomic mass is 9.87. The fourth-order valence-electron chi connectivity index (χ4n) is 7.76. The SMILES string of the molecule is CCCCCCCCCCOCc1c(C)c2cc3nc(c(C)c4[nH]c(cc5nc(cc1[nH]2)C(C)=C5CC)c(C)c4C(=O)O)[C@@H](CCOC=O)[C@@H]3C. The standard InChI is InChI=1S/C42H56N4O5/c1-8-10-11-12-13-14-15-16-18-50-23-32-27(5)33-20-35-26(4)31(17-19-51-24-47)40(45-35)29(7)41-39(42(48)49)28(6)36(46-41)22-37-30(9-2)25(3)34(43-37)21-38(32)44-33/h20-22,24,26,31,44,46H,8-19,23H2,1-7H3,(H,48,49)/t26-,31-/m0/s1. The summed E-state index contributed by atoms with van der Waals surface area (Å²) in [6, 6.07) is 6.22. The van der Waals surface area contributed by atoms with Crippen molar-refractivity contribution < 1.29 is 24.2 Å². The van der Waals surface area contributed by atoms with Crippen molar-refractivity contribution in [3.8, 4) is 0 Å². The van der Waals surface area contributed by atoms with Crippen LogP contribution in [0.3, 0.4) is 0 Å². The molecule has 0 amide bonds. The van der Waals surface area contributed by atoms with Crippen molar-refractivity contribution >= 4 is 45.7 Å². The van der Waals surface area contributed by atoms with E-state index in [0.717, 1.165) is 81.1 Å². The van der Waals surface area contributed by atoms with Crippen LogP contribution in [0.4, 0.5) is 0 Å². The molecule has 2 aliphatic rings. The second-order valence-electron chi connectivity index (χ2n) is 14.3. The zero-order valence-corrected chi connectivity index (χ0v) is 31.6. The third-order valence-electron chi connectivity index (χ3n) is 11.0. The smallest absolute Gasteiger partial charge is 0.338 e. The monoisotopic (exact) mass is 696 g/mol. The molecule has 0 unspecified atom stereocenters. The van der Waals surface area contributed by atoms with Crippen LogP contribution in [0.2, 0.25) is 0 Å². The van der Waals surface area contributed by atoms with Crippen molar-refractivity contribution in [2.24, 2.45) is 0 Å². The van der Waals surface area contributed by atoms with Crippen LogP contribution in [0.25, 0.3) is 33.2 Å². The minimum Gasteiger partial charge on any atom is -0.478 e. The molecule has 51 heavy (non-hydrogen) atoms. The molecular weight excluding hydrogens is 640 g/mol. The number of carbonyl (C=O) groups excluding carboxylic acids is 1. The Labute approximate surface area is 302 Å². The van der Waals surface area contributed by atoms with Gasteiger partial charge in [-0.05, 0) is 93.0 Å². The molecule has 8 bridgehead atoms. The highest BCUT2D eigenvalue weighted by atomic mass is 16.5. The molecule has 3 N–H and O–H groups in total. The average Bonchev–Trinajstić information content (AvgIpc) is 3.79. The van der Waals surface area contributed by atoms with E-state index in [-0.39, 0.29) is 24.0 Å². The van der Waals surface area contributed by atoms with E-state index in [1.807, 2.05) is 19.9 Å². The summed E-state index contributed by atoms with van der Waals surface area (Å²) in [5.41, 5.74) is 12.7. The zero-order chi connectivity index (χ0) is 36.7. The van der Waals surface area contributed by atoms with Crippen molar-refractivity contribution in [3.63, 3.8) is 0 Å². The fourth-order valence-corrected chi connectivity index (χ4v) is 7.76. The first-order valence-electron chi connectivity index (χ1n) is 18.9. The first-order chi connectivity index (χ1) is 24.6. The molecule has 0 saturated heterocycles. The van der Waals surface area contributed by atoms with Gasteiger partial charge in [0.25, 0.3) is 6.47 Å². The lowest BCUT2D eigenvalue weighted by Crippen LogP contribution is -2.08. The van der Waals surface area contributed by atoms with E-state index in [2.05, 4.69) is 56.7 Å². The second kappa shape index (κ2) is 17.3. The third-order valence-corrected chi connectivity index (χ3v) is 11.0. The highest BCUT2D eigenvalue weighted by molar-refractivity contribution is 6.02. The van der Waals surface area contributed by atoms with E-state index in [4.69, 9.17) is 19.4 Å². The van der Waals surface area contributed by atoms with Crippen LogP contribution in [0.15, 0.2) is 18.2 Å². The number of aromatic carboxylic acids is 1. The number of H-pyrrole nitrogens is 2. The number of carboxylic acids is 1. The van der Waals surface area contributed by atoms with E-state index in [1.54, 1.807) is 0 Å². The Morgan fingerprint density at radius 2 is 1.53 bits per heavy atom. The van der Waals surface area contributed by atoms with Crippen molar-refractivity contribution in [2.45, 2.75) is 131 Å². The number of aromatic nitrogens is 4. The normalized spacial score (nSPS) is 15.8. The van der Waals surface area contributed by atoms with Gasteiger partial charge in [-0.25, -0.2) is 9.78 Å². The predicted molar refractivity (Wildman–Crippen MR) is 205 cm³/mol. The average molecular weight is 697 g/mol. The molecule has 0 fully saturated rings. The Bertz CT molecular complexity index is 1930. The fraction of sp³-hybridized carbons (Fsp3) is 0.524. The lowest BCUT2D eigenvalue weighted by Gasteiger charge is -2.16. The maximum Gasteiger partial charge on any atom is 0.338 e. The predicted octanol–water partition coefficient (Wildman–Crippen LogP) is 10.4. The zero-order valence-electron chi connectivity index (χ0n) is 31.6. The summed E-state index contributed by atoms with van der Waals surface area (Å²) in [4.78, 5) is 41.2. The molecule has 0 aromatic carbocycles. The number of unbranched alkanes of at least 4 members (excludes halogenated alkanes) is 7. The van der Waals surface area contributed by atoms with Crippen LogP contribution in [-0.2, 0) is 20.9 Å². The number of fused-ring (bicyclic) bond motifs is 8. The summed E-state index contributed by atoms with van der Waals surface area (Å²) in [7, 11) is 0. The number of nitrogens with one attached hydrogen (secondary N) is 2. The molecule has 274 valence electrons. The number of aryl methyl sites for hydroxylation is 3. The van der Waals surface area contributed by atoms with Gasteiger partial charge in [0.2, 0.25) is 0 Å². The van der Waals surface area contributed by atoms with E-state index in [0.29, 0.717) is 36.1 Å². The summed E-state index contributed by atoms with van der Waals surface area (Å²) in [5, 5.41) is 10.4. The Balaban J connectivity index is 1.66. The number of hydrogen-bond donors (Lipinski definition) is 3. The molecule has 0 radical (unpaired) electrons. The van der Waals surface area contributed by atoms with E-state index in [1.165, 1.54) is 44.9 Å². The number of carbonyl (C=O) groups is 2. The van der Waals surface area contributed by atoms with Gasteiger partial charge in [-0.15, -0.1) is 0 Å². The van der Waals surface area contributed by atoms with Crippen LogP contribution in [0, 0.1) is 20.8 Å². The highest BCUT2D eigenvalue weighted by Crippen LogP contribution is 2.42. The number of aromatic amines is 2. The first kappa shape index (κ1) is 38.0. The van der Waals surface area contributed by atoms with Gasteiger partial charge < -0.3 is 24.5 Å². The van der Waals surface area contributed by atoms with Crippen LogP contribution < -0.4 is 0 Å². The van der Waals surface area contributed by atoms with Crippen LogP contribution >= 0.6 is 0 Å². The second-order valence-corrected chi connectivity index (χ2v) is 14.3. The Hall–Kier alpha value is -4.24. The maximum absolute atomic E-state index is 12.7. The maximum atomic E-state index is 12.7. The van der Waals surface area contributed by atoms with Crippen LogP contribution in [0.5, 0.6) is 0 Å². The lowest BCUT2D eigenvalue weighted by molar-refractivity contribution is -0.128. The summed E-state index contributed by atoms with van der Waals surface area (Å²) >= 11 is 0. The number of carboxylic acid groups (broad SMARTS) is 1. The van der Waals surface area contributed by atoms with Crippen molar-refractivity contribution in [3.05, 3.63) is 68.8 Å². The number of hydrogen-bond acceptors (Lipinski definition) is 6. The van der Waals surface area contributed by atoms with Gasteiger partial charge in [0.1, 0.15) is 0 Å². The molecule has 3 aromatic heterocycles. The van der Waals surface area contributed by atoms with Gasteiger partial charge in [0.05, 0.1) is 35.7 Å². The summed E-state index contributed by atoms with van der Waals surface area (Å²) in [6.45, 7) is 16.5. The van der Waals surface area contributed by atoms with Crippen molar-refractivity contribution in [1.82, 2.24) is 19.9 Å². The van der Waals surface area contributed by atoms with E-state index < -0.39 is 5.97 Å². The number of rotatable bonds is 17. The molecule has 9 nitrogen and oxygen atoms in total. The summed E-state index contributed by atoms with van der Waals surface area (Å²) < 4.78 is 11.5. The molecule has 0 aliphatic carbocycles. The van der Waals surface area contributed by atoms with Gasteiger partial charge in [0, 0.05) is 51.9 Å². The minimum atomic E-state index is -0.998. The molecular formula is C42H56N4O5. The van der Waals surface area contributed by atoms with Crippen molar-refractivity contribution in [1.29, 1.82) is 0 Å². The molecule has 2 aliphatic heterocycles. The quantitative estimate of drug-likeness (QED) is 0.0946. The van der Waals surface area contributed by atoms with Gasteiger partial charge in [-0.1, -0.05) is 65.7 Å². The largest absolute Gasteiger partial charge is 0.478 e. The van der Waals surface area contributed by atoms with Crippen LogP contribution in [0.1, 0.15) is 159 Å². The highest BCUT2D eigenvalue weighted by Gasteiger charge is 2.31. The Kier molecular flexibility index (Phi) is 12.9. The van der Waals surface area contributed by atoms with Gasteiger partial charge in [0.15, 0.2) is 0 Å². The molecule has 2 atom stereocenters. The van der Waals surface area contributed by atoms with Gasteiger partial charge >= 0.3 is 5.97 Å². The third kappa shape index (κ3) is 8.30. The molecule has 9 heteroatoms. The number of ether oxygens (including phenoxy) is 2. The summed E-state index contributed by atoms with van der Waals surface area (Å²) in [5.74, 6) is -1.07. The first-order valence-corrected chi connectivity index (χ1v) is 18.9. The van der Waals surface area contributed by atoms with Gasteiger partial charge in [-0.3, -0.25) is 9.78 Å². The Morgan fingerprint density at radius 1 is 0.843 bits per heavy atom. The van der Waals surface area contributed by atoms with E-state index in [9.17, 15) is 14.7 Å². The number of nitrogens with zero attached hydrogens (tertiary/aromatic N) is 2. The molecule has 0 saturated carbocycles. The number of allylic oxidation sites excluding steroid dienone is 2. The minimum absolute atomic E-state index is 0.00120. The molecule has 3 aromatic rings. The van der Waals surface area contributed by atoms with Crippen LogP contribution in [-0.4, -0.2) is 50.7 Å². The Morgan fingerprint density at radius 3 is 2.22 bits per heavy atom. The topological polar surface area (TPSA) is 130 Å². The summed E-state index contributed by atoms with van der Waals surface area (Å²) in [6.07, 6.45) is 11.4. The molecule has 5 heterocycles. The molecule has 0 spiro atoms. The van der Waals surface area contributed by atoms with Gasteiger partial charge in [-0.2, -0.15) is 0 Å². The molecule has 5 rings (SSSR count). The van der Waals surface area contributed by atoms with Crippen molar-refractivity contribution in [2.75, 3.05) is 13.2 Å². The van der Waals surface area contributed by atoms with E-state index >= 15 is 0 Å².